The van der Waals surface area contributed by atoms with Crippen LogP contribution in [0.4, 0.5) is 0 Å². The molecule has 1 unspecified atom stereocenters. The van der Waals surface area contributed by atoms with Crippen LogP contribution >= 0.6 is 0 Å². The van der Waals surface area contributed by atoms with Gasteiger partial charge in [0, 0.05) is 55.3 Å². The van der Waals surface area contributed by atoms with Gasteiger partial charge in [-0.2, -0.15) is 0 Å². The van der Waals surface area contributed by atoms with Crippen LogP contribution in [-0.4, -0.2) is 19.9 Å². The summed E-state index contributed by atoms with van der Waals surface area (Å²) in [5, 5.41) is 2.01. The Balaban J connectivity index is 0.575. The average Bonchev–Trinajstić information content (AvgIpc) is 1.50. The van der Waals surface area contributed by atoms with Gasteiger partial charge in [0.1, 0.15) is 23.0 Å². The van der Waals surface area contributed by atoms with Crippen molar-refractivity contribution in [1.29, 1.82) is 0 Å². The summed E-state index contributed by atoms with van der Waals surface area (Å²) in [6, 6.07) is 135. The second-order valence-electron chi connectivity index (χ2n) is 28.5. The number of hydrogen-bond acceptors (Lipinski definition) is 6. The largest absolute Gasteiger partial charge is 0.457 e. The third kappa shape index (κ3) is 9.27. The lowest BCUT2D eigenvalue weighted by Crippen LogP contribution is -2.32. The van der Waals surface area contributed by atoms with E-state index in [2.05, 4.69) is 352 Å². The van der Waals surface area contributed by atoms with Gasteiger partial charge in [-0.25, -0.2) is 19.9 Å². The molecule has 6 heteroatoms. The number of ether oxygens (including phenoxy) is 2. The molecule has 16 aromatic carbocycles. The second kappa shape index (κ2) is 24.2. The first-order valence-corrected chi connectivity index (χ1v) is 36.9. The van der Waals surface area contributed by atoms with E-state index in [0.717, 1.165) is 156 Å². The molecule has 1 atom stereocenters. The molecule has 0 N–H and O–H groups in total. The third-order valence-corrected chi connectivity index (χ3v) is 22.9. The lowest BCUT2D eigenvalue weighted by atomic mass is 9.66. The highest BCUT2D eigenvalue weighted by Crippen LogP contribution is 2.65. The normalized spacial score (nSPS) is 14.2. The molecule has 0 amide bonds. The zero-order chi connectivity index (χ0) is 71.0. The van der Waals surface area contributed by atoms with Gasteiger partial charge < -0.3 is 9.47 Å². The van der Waals surface area contributed by atoms with E-state index in [1.807, 2.05) is 24.3 Å². The van der Waals surface area contributed by atoms with Crippen LogP contribution in [-0.2, 0) is 10.8 Å². The Hall–Kier alpha value is -14.2. The summed E-state index contributed by atoms with van der Waals surface area (Å²) in [5.41, 5.74) is 31.9. The van der Waals surface area contributed by atoms with Crippen molar-refractivity contribution >= 4 is 21.8 Å². The van der Waals surface area contributed by atoms with Crippen molar-refractivity contribution in [1.82, 2.24) is 19.9 Å². The number of fused-ring (bicyclic) bond motifs is 20. The summed E-state index contributed by atoms with van der Waals surface area (Å²) < 4.78 is 14.0. The number of nitrogens with zero attached hydrogens (tertiary/aromatic N) is 4. The van der Waals surface area contributed by atoms with E-state index in [-0.39, 0.29) is 0 Å². The molecule has 2 aliphatic heterocycles. The molecule has 502 valence electrons. The molecule has 0 saturated carbocycles. The van der Waals surface area contributed by atoms with Gasteiger partial charge in [-0.05, 0) is 143 Å². The summed E-state index contributed by atoms with van der Waals surface area (Å²) in [6.07, 6.45) is 0. The standard InChI is InChI=1S/C102H62N4O2/c1-2-22-69(23-3-1)99-103-91-38-18-11-31-80(91)97(105-99)68-52-48-65(49-53-68)73-24-4-5-26-75(73)72-56-59-90-96(62-72)108-94-41-21-17-37-88(94)102(90)85-35-15-10-29-78(85)82-60-70(54-57-86(82)102)63-44-50-67(51-45-63)98-81-32-12-19-39-92(81)104-100(106-98)79-30-7-6-25-74(79)66-46-42-64(43-47-66)71-55-58-89-95(61-71)107-93-40-20-16-36-87(93)101(89)83-33-13-8-27-76(83)77-28-9-14-34-84(77)101/h1-62H. The molecule has 0 bridgehead atoms. The zero-order valence-electron chi connectivity index (χ0n) is 58.4. The van der Waals surface area contributed by atoms with Crippen LogP contribution in [0.5, 0.6) is 23.0 Å². The number of para-hydroxylation sites is 4. The molecule has 2 spiro atoms. The van der Waals surface area contributed by atoms with Crippen LogP contribution in [0.2, 0.25) is 0 Å². The van der Waals surface area contributed by atoms with Gasteiger partial charge >= 0.3 is 0 Å². The molecule has 4 aliphatic rings. The maximum absolute atomic E-state index is 7.11. The van der Waals surface area contributed by atoms with Crippen molar-refractivity contribution in [2.45, 2.75) is 10.8 Å². The fourth-order valence-corrected chi connectivity index (χ4v) is 18.1. The third-order valence-electron chi connectivity index (χ3n) is 22.9. The first kappa shape index (κ1) is 61.3. The quantitative estimate of drug-likeness (QED) is 0.143. The average molecular weight is 1380 g/mol. The topological polar surface area (TPSA) is 70.0 Å². The first-order valence-electron chi connectivity index (χ1n) is 36.9. The minimum absolute atomic E-state index is 0.510. The lowest BCUT2D eigenvalue weighted by Gasteiger charge is -2.39. The second-order valence-corrected chi connectivity index (χ2v) is 28.5. The van der Waals surface area contributed by atoms with Crippen LogP contribution in [0, 0.1) is 0 Å². The van der Waals surface area contributed by atoms with Gasteiger partial charge in [0.05, 0.1) is 33.3 Å². The maximum Gasteiger partial charge on any atom is 0.161 e. The van der Waals surface area contributed by atoms with E-state index in [9.17, 15) is 0 Å². The Bertz CT molecular complexity index is 6700. The molecule has 2 aliphatic carbocycles. The smallest absolute Gasteiger partial charge is 0.161 e. The van der Waals surface area contributed by atoms with E-state index in [0.29, 0.717) is 11.6 Å². The minimum Gasteiger partial charge on any atom is -0.457 e. The molecule has 0 fully saturated rings. The van der Waals surface area contributed by atoms with Crippen LogP contribution in [0.3, 0.4) is 0 Å². The fraction of sp³-hybridized carbons (Fsp3) is 0.0196. The van der Waals surface area contributed by atoms with Gasteiger partial charge in [-0.1, -0.05) is 334 Å². The van der Waals surface area contributed by atoms with Crippen LogP contribution in [0.1, 0.15) is 44.5 Å². The van der Waals surface area contributed by atoms with Crippen LogP contribution in [0.15, 0.2) is 376 Å². The first-order chi connectivity index (χ1) is 53.5. The zero-order valence-corrected chi connectivity index (χ0v) is 58.4. The molecule has 6 nitrogen and oxygen atoms in total. The highest BCUT2D eigenvalue weighted by Gasteiger charge is 2.53. The van der Waals surface area contributed by atoms with Crippen molar-refractivity contribution < 1.29 is 9.47 Å². The molecule has 108 heavy (non-hydrogen) atoms. The van der Waals surface area contributed by atoms with E-state index in [1.165, 1.54) is 44.5 Å². The monoisotopic (exact) mass is 1370 g/mol. The van der Waals surface area contributed by atoms with Crippen LogP contribution < -0.4 is 9.47 Å². The Morgan fingerprint density at radius 1 is 0.176 bits per heavy atom. The number of benzene rings is 16. The summed E-state index contributed by atoms with van der Waals surface area (Å²) in [5.74, 6) is 4.80. The molecule has 2 aromatic heterocycles. The van der Waals surface area contributed by atoms with Crippen molar-refractivity contribution in [2.75, 3.05) is 0 Å². The van der Waals surface area contributed by atoms with E-state index in [1.54, 1.807) is 0 Å². The van der Waals surface area contributed by atoms with Crippen molar-refractivity contribution in [3.63, 3.8) is 0 Å². The van der Waals surface area contributed by atoms with Crippen LogP contribution in [0.25, 0.3) is 145 Å². The number of aromatic nitrogens is 4. The highest BCUT2D eigenvalue weighted by atomic mass is 16.5. The van der Waals surface area contributed by atoms with Gasteiger partial charge in [-0.3, -0.25) is 0 Å². The molecule has 4 heterocycles. The molecule has 22 rings (SSSR count). The molecular formula is C102H62N4O2. The summed E-state index contributed by atoms with van der Waals surface area (Å²) in [7, 11) is 0. The Kier molecular flexibility index (Phi) is 13.7. The number of hydrogen-bond donors (Lipinski definition) is 0. The maximum atomic E-state index is 7.11. The van der Waals surface area contributed by atoms with Gasteiger partial charge in [0.15, 0.2) is 11.6 Å². The summed E-state index contributed by atoms with van der Waals surface area (Å²) in [6.45, 7) is 0. The Morgan fingerprint density at radius 2 is 0.500 bits per heavy atom. The predicted octanol–water partition coefficient (Wildman–Crippen LogP) is 25.5. The van der Waals surface area contributed by atoms with Crippen molar-refractivity contribution in [3.05, 3.63) is 421 Å². The van der Waals surface area contributed by atoms with Gasteiger partial charge in [0.25, 0.3) is 0 Å². The summed E-state index contributed by atoms with van der Waals surface area (Å²) >= 11 is 0. The molecular weight excluding hydrogens is 1310 g/mol. The van der Waals surface area contributed by atoms with Crippen molar-refractivity contribution in [3.8, 4) is 146 Å². The predicted molar refractivity (Wildman–Crippen MR) is 436 cm³/mol. The van der Waals surface area contributed by atoms with Gasteiger partial charge in [-0.15, -0.1) is 0 Å². The molecule has 18 aromatic rings. The summed E-state index contributed by atoms with van der Waals surface area (Å²) in [4.78, 5) is 20.9. The minimum atomic E-state index is -0.652. The van der Waals surface area contributed by atoms with E-state index in [4.69, 9.17) is 29.4 Å². The fourth-order valence-electron chi connectivity index (χ4n) is 18.1. The Morgan fingerprint density at radius 3 is 1.03 bits per heavy atom. The Labute approximate surface area is 624 Å². The molecule has 0 radical (unpaired) electrons. The lowest BCUT2D eigenvalue weighted by molar-refractivity contribution is 0.436. The number of rotatable bonds is 9. The van der Waals surface area contributed by atoms with Gasteiger partial charge in [0.2, 0.25) is 0 Å². The van der Waals surface area contributed by atoms with Crippen molar-refractivity contribution in [2.24, 2.45) is 0 Å². The SMILES string of the molecule is c1ccc(-c2nc(-c3ccc(-c4ccccc4-c4ccc5c(c4)Oc4ccccc4C54c5ccccc5-c5cc(-c6ccc(-c7nc(-c8ccccc8-c8ccc(-c9ccc%10c(c9)Oc9ccccc9C%109c%10ccccc%10-c%10ccccc%109)cc8)nc8ccccc78)cc6)ccc54)cc3)c3ccccc3n2)cc1. The van der Waals surface area contributed by atoms with E-state index < -0.39 is 10.8 Å². The highest BCUT2D eigenvalue weighted by molar-refractivity contribution is 5.99. The van der Waals surface area contributed by atoms with E-state index >= 15 is 0 Å². The molecule has 0 saturated heterocycles.